The van der Waals surface area contributed by atoms with Crippen molar-refractivity contribution in [2.75, 3.05) is 43.9 Å². The van der Waals surface area contributed by atoms with Crippen LogP contribution >= 0.6 is 0 Å². The molecular weight excluding hydrogens is 420 g/mol. The van der Waals surface area contributed by atoms with E-state index >= 15 is 0 Å². The van der Waals surface area contributed by atoms with Crippen molar-refractivity contribution in [3.63, 3.8) is 0 Å². The van der Waals surface area contributed by atoms with Crippen molar-refractivity contribution in [3.05, 3.63) is 42.2 Å². The zero-order valence-corrected chi connectivity index (χ0v) is 18.5. The van der Waals surface area contributed by atoms with Crippen LogP contribution < -0.4 is 14.9 Å². The quantitative estimate of drug-likeness (QED) is 0.560. The third-order valence-electron chi connectivity index (χ3n) is 5.35. The van der Waals surface area contributed by atoms with Crippen molar-refractivity contribution in [2.45, 2.75) is 18.6 Å². The number of aromatic nitrogens is 2. The van der Waals surface area contributed by atoms with Crippen molar-refractivity contribution >= 4 is 33.4 Å². The number of nitrogens with zero attached hydrogens (tertiary/aromatic N) is 4. The topological polar surface area (TPSA) is 128 Å². The van der Waals surface area contributed by atoms with E-state index in [1.807, 2.05) is 25.2 Å². The van der Waals surface area contributed by atoms with Gasteiger partial charge >= 0.3 is 6.09 Å². The normalized spacial score (nSPS) is 15.0. The second kappa shape index (κ2) is 9.92. The van der Waals surface area contributed by atoms with E-state index in [0.717, 1.165) is 30.9 Å². The van der Waals surface area contributed by atoms with Crippen LogP contribution in [0.1, 0.15) is 18.4 Å². The molecule has 0 spiro atoms. The fourth-order valence-electron chi connectivity index (χ4n) is 3.54. The Labute approximate surface area is 182 Å². The molecule has 2 heterocycles. The van der Waals surface area contributed by atoms with Gasteiger partial charge in [-0.1, -0.05) is 12.1 Å². The Morgan fingerprint density at radius 1 is 1.23 bits per heavy atom. The molecule has 0 radical (unpaired) electrons. The van der Waals surface area contributed by atoms with E-state index < -0.39 is 16.1 Å². The summed E-state index contributed by atoms with van der Waals surface area (Å²) in [5.41, 5.74) is 1.48. The number of amides is 1. The first kappa shape index (κ1) is 22.8. The molecular formula is C20H28N6O4S. The van der Waals surface area contributed by atoms with E-state index in [-0.39, 0.29) is 5.75 Å². The van der Waals surface area contributed by atoms with Crippen molar-refractivity contribution in [2.24, 2.45) is 5.92 Å². The molecule has 2 aromatic rings. The highest BCUT2D eigenvalue weighted by Gasteiger charge is 2.23. The Hall–Kier alpha value is -2.92. The SMILES string of the molecule is CNS(=O)(=O)Cc1ccc(Nc2cc(N(C)CC3CCN(C(=O)O)CC3)ncn2)cc1. The number of benzene rings is 1. The van der Waals surface area contributed by atoms with Crippen LogP contribution in [0.2, 0.25) is 0 Å². The molecule has 1 saturated heterocycles. The van der Waals surface area contributed by atoms with Gasteiger partial charge in [0.2, 0.25) is 10.0 Å². The third-order valence-corrected chi connectivity index (χ3v) is 6.69. The van der Waals surface area contributed by atoms with Crippen molar-refractivity contribution < 1.29 is 18.3 Å². The Kier molecular flexibility index (Phi) is 7.29. The number of piperidine rings is 1. The standard InChI is InChI=1S/C20H28N6O4S/c1-21-31(29,30)13-16-3-5-17(6-4-16)24-18-11-19(23-14-22-18)25(2)12-15-7-9-26(10-8-15)20(27)28/h3-6,11,14-15,21H,7-10,12-13H2,1-2H3,(H,27,28)(H,22,23,24). The van der Waals surface area contributed by atoms with Gasteiger partial charge in [0.15, 0.2) is 0 Å². The van der Waals surface area contributed by atoms with Crippen molar-refractivity contribution in [1.82, 2.24) is 19.6 Å². The predicted octanol–water partition coefficient (Wildman–Crippen LogP) is 2.10. The molecule has 1 aromatic carbocycles. The van der Waals surface area contributed by atoms with Gasteiger partial charge in [0, 0.05) is 38.4 Å². The lowest BCUT2D eigenvalue weighted by Gasteiger charge is -2.32. The first-order valence-electron chi connectivity index (χ1n) is 10.0. The van der Waals surface area contributed by atoms with Crippen molar-refractivity contribution in [1.29, 1.82) is 0 Å². The lowest BCUT2D eigenvalue weighted by Crippen LogP contribution is -2.40. The van der Waals surface area contributed by atoms with Crippen LogP contribution in [0.5, 0.6) is 0 Å². The predicted molar refractivity (Wildman–Crippen MR) is 119 cm³/mol. The average molecular weight is 449 g/mol. The second-order valence-corrected chi connectivity index (χ2v) is 9.57. The van der Waals surface area contributed by atoms with Crippen LogP contribution in [-0.2, 0) is 15.8 Å². The zero-order valence-electron chi connectivity index (χ0n) is 17.7. The molecule has 0 bridgehead atoms. The first-order chi connectivity index (χ1) is 14.8. The molecule has 1 aromatic heterocycles. The molecule has 168 valence electrons. The van der Waals surface area contributed by atoms with E-state index in [1.165, 1.54) is 18.3 Å². The Bertz CT molecular complexity index is 991. The molecule has 1 aliphatic rings. The van der Waals surface area contributed by atoms with Crippen LogP contribution in [0.25, 0.3) is 0 Å². The van der Waals surface area contributed by atoms with Crippen LogP contribution in [0, 0.1) is 5.92 Å². The Morgan fingerprint density at radius 3 is 2.52 bits per heavy atom. The minimum atomic E-state index is -3.31. The molecule has 0 aliphatic carbocycles. The maximum atomic E-state index is 11.7. The van der Waals surface area contributed by atoms with E-state index in [1.54, 1.807) is 12.1 Å². The summed E-state index contributed by atoms with van der Waals surface area (Å²) in [5, 5.41) is 12.3. The molecule has 1 aliphatic heterocycles. The van der Waals surface area contributed by atoms with Crippen LogP contribution in [0.15, 0.2) is 36.7 Å². The van der Waals surface area contributed by atoms with Gasteiger partial charge in [0.05, 0.1) is 5.75 Å². The van der Waals surface area contributed by atoms with Gasteiger partial charge in [-0.3, -0.25) is 0 Å². The van der Waals surface area contributed by atoms with E-state index in [4.69, 9.17) is 5.11 Å². The maximum Gasteiger partial charge on any atom is 0.407 e. The molecule has 1 amide bonds. The number of carboxylic acid groups (broad SMARTS) is 1. The summed E-state index contributed by atoms with van der Waals surface area (Å²) in [6.45, 7) is 1.92. The van der Waals surface area contributed by atoms with Gasteiger partial charge in [0.1, 0.15) is 18.0 Å². The average Bonchev–Trinajstić information content (AvgIpc) is 2.75. The molecule has 1 fully saturated rings. The molecule has 3 rings (SSSR count). The number of nitrogens with one attached hydrogen (secondary N) is 2. The highest BCUT2D eigenvalue weighted by molar-refractivity contribution is 7.88. The lowest BCUT2D eigenvalue weighted by molar-refractivity contribution is 0.125. The lowest BCUT2D eigenvalue weighted by atomic mass is 9.96. The number of sulfonamides is 1. The van der Waals surface area contributed by atoms with E-state index in [0.29, 0.717) is 30.4 Å². The van der Waals surface area contributed by atoms with Gasteiger partial charge in [-0.15, -0.1) is 0 Å². The number of anilines is 3. The number of carbonyl (C=O) groups is 1. The summed E-state index contributed by atoms with van der Waals surface area (Å²) < 4.78 is 25.6. The van der Waals surface area contributed by atoms with Gasteiger partial charge < -0.3 is 20.2 Å². The summed E-state index contributed by atoms with van der Waals surface area (Å²) in [5.74, 6) is 1.74. The monoisotopic (exact) mass is 448 g/mol. The minimum absolute atomic E-state index is 0.0718. The molecule has 3 N–H and O–H groups in total. The minimum Gasteiger partial charge on any atom is -0.465 e. The summed E-state index contributed by atoms with van der Waals surface area (Å²) in [7, 11) is 0.0543. The van der Waals surface area contributed by atoms with E-state index in [2.05, 4.69) is 24.9 Å². The van der Waals surface area contributed by atoms with Crippen LogP contribution in [-0.4, -0.2) is 68.2 Å². The van der Waals surface area contributed by atoms with E-state index in [9.17, 15) is 13.2 Å². The molecule has 0 unspecified atom stereocenters. The molecule has 11 heteroatoms. The zero-order chi connectivity index (χ0) is 22.4. The first-order valence-corrected chi connectivity index (χ1v) is 11.7. The highest BCUT2D eigenvalue weighted by Crippen LogP contribution is 2.22. The van der Waals surface area contributed by atoms with Crippen molar-refractivity contribution in [3.8, 4) is 0 Å². The maximum absolute atomic E-state index is 11.7. The summed E-state index contributed by atoms with van der Waals surface area (Å²) >= 11 is 0. The molecule has 0 saturated carbocycles. The largest absolute Gasteiger partial charge is 0.465 e. The summed E-state index contributed by atoms with van der Waals surface area (Å²) in [4.78, 5) is 23.2. The van der Waals surface area contributed by atoms with Gasteiger partial charge in [-0.05, 0) is 43.5 Å². The van der Waals surface area contributed by atoms with Gasteiger partial charge in [-0.25, -0.2) is 27.9 Å². The van der Waals surface area contributed by atoms with Crippen LogP contribution in [0.3, 0.4) is 0 Å². The highest BCUT2D eigenvalue weighted by atomic mass is 32.2. The Morgan fingerprint density at radius 2 is 1.90 bits per heavy atom. The second-order valence-electron chi connectivity index (χ2n) is 7.64. The van der Waals surface area contributed by atoms with Crippen LogP contribution in [0.4, 0.5) is 22.1 Å². The van der Waals surface area contributed by atoms with Gasteiger partial charge in [-0.2, -0.15) is 0 Å². The fraction of sp³-hybridized carbons (Fsp3) is 0.450. The summed E-state index contributed by atoms with van der Waals surface area (Å²) in [6.07, 6.45) is 2.31. The van der Waals surface area contributed by atoms with Gasteiger partial charge in [0.25, 0.3) is 0 Å². The third kappa shape index (κ3) is 6.53. The number of hydrogen-bond donors (Lipinski definition) is 3. The smallest absolute Gasteiger partial charge is 0.407 e. The fourth-order valence-corrected chi connectivity index (χ4v) is 4.31. The number of hydrogen-bond acceptors (Lipinski definition) is 7. The molecule has 31 heavy (non-hydrogen) atoms. The molecule has 10 nitrogen and oxygen atoms in total. The summed E-state index contributed by atoms with van der Waals surface area (Å²) in [6, 6.07) is 8.99. The number of likely N-dealkylation sites (tertiary alicyclic amines) is 1. The molecule has 0 atom stereocenters. The number of rotatable bonds is 8. The Balaban J connectivity index is 1.58.